The number of ether oxygens (including phenoxy) is 2. The topological polar surface area (TPSA) is 38.8 Å². The molecule has 0 N–H and O–H groups in total. The first kappa shape index (κ1) is 17.3. The molecular weight excluding hydrogens is 302 g/mol. The van der Waals surface area contributed by atoms with Crippen molar-refractivity contribution in [1.82, 2.24) is 4.90 Å². The van der Waals surface area contributed by atoms with Gasteiger partial charge in [0.25, 0.3) is 0 Å². The summed E-state index contributed by atoms with van der Waals surface area (Å²) in [5.41, 5.74) is 0.698. The van der Waals surface area contributed by atoms with Gasteiger partial charge in [-0.05, 0) is 71.3 Å². The molecule has 0 bridgehead atoms. The van der Waals surface area contributed by atoms with Crippen LogP contribution in [0.25, 0.3) is 0 Å². The summed E-state index contributed by atoms with van der Waals surface area (Å²) in [5, 5.41) is 0. The third kappa shape index (κ3) is 3.44. The number of hydrogen-bond acceptors (Lipinski definition) is 4. The first-order chi connectivity index (χ1) is 11.4. The first-order valence-corrected chi connectivity index (χ1v) is 9.13. The van der Waals surface area contributed by atoms with E-state index in [0.29, 0.717) is 17.7 Å². The van der Waals surface area contributed by atoms with E-state index in [1.807, 2.05) is 39.0 Å². The zero-order valence-corrected chi connectivity index (χ0v) is 15.3. The monoisotopic (exact) mass is 331 g/mol. The number of carbonyl (C=O) groups excluding carboxylic acids is 1. The number of rotatable bonds is 3. The largest absolute Gasteiger partial charge is 0.492 e. The van der Waals surface area contributed by atoms with E-state index in [0.717, 1.165) is 25.4 Å². The van der Waals surface area contributed by atoms with Gasteiger partial charge in [-0.25, -0.2) is 0 Å². The number of likely N-dealkylation sites (tertiary alicyclic amines) is 1. The molecule has 0 radical (unpaired) electrons. The molecule has 0 aromatic heterocycles. The van der Waals surface area contributed by atoms with E-state index in [4.69, 9.17) is 9.47 Å². The Morgan fingerprint density at radius 1 is 1.38 bits per heavy atom. The van der Waals surface area contributed by atoms with Crippen LogP contribution < -0.4 is 9.47 Å². The highest BCUT2D eigenvalue weighted by molar-refractivity contribution is 5.78. The van der Waals surface area contributed by atoms with Crippen molar-refractivity contribution in [2.45, 2.75) is 58.9 Å². The summed E-state index contributed by atoms with van der Waals surface area (Å²) < 4.78 is 11.6. The summed E-state index contributed by atoms with van der Waals surface area (Å²) in [6, 6.07) is 6.26. The van der Waals surface area contributed by atoms with Crippen molar-refractivity contribution in [3.05, 3.63) is 23.8 Å². The Morgan fingerprint density at radius 2 is 2.17 bits per heavy atom. The van der Waals surface area contributed by atoms with Crippen LogP contribution in [0.3, 0.4) is 0 Å². The van der Waals surface area contributed by atoms with Crippen LogP contribution >= 0.6 is 0 Å². The highest BCUT2D eigenvalue weighted by Crippen LogP contribution is 2.42. The minimum absolute atomic E-state index is 0.202. The molecule has 1 saturated heterocycles. The van der Waals surface area contributed by atoms with E-state index in [1.54, 1.807) is 0 Å². The van der Waals surface area contributed by atoms with E-state index >= 15 is 0 Å². The fourth-order valence-electron chi connectivity index (χ4n) is 3.72. The number of esters is 1. The van der Waals surface area contributed by atoms with E-state index in [9.17, 15) is 4.79 Å². The van der Waals surface area contributed by atoms with Crippen LogP contribution in [0, 0.1) is 5.41 Å². The normalized spacial score (nSPS) is 23.8. The van der Waals surface area contributed by atoms with Crippen LogP contribution in [0.4, 0.5) is 0 Å². The molecule has 0 aliphatic carbocycles. The first-order valence-electron chi connectivity index (χ1n) is 9.13. The molecule has 3 rings (SSSR count). The maximum absolute atomic E-state index is 12.2. The lowest BCUT2D eigenvalue weighted by Gasteiger charge is -2.44. The average Bonchev–Trinajstić information content (AvgIpc) is 2.54. The van der Waals surface area contributed by atoms with Gasteiger partial charge in [0, 0.05) is 11.5 Å². The van der Waals surface area contributed by atoms with Crippen LogP contribution in [-0.4, -0.2) is 36.6 Å². The lowest BCUT2D eigenvalue weighted by atomic mass is 9.81. The van der Waals surface area contributed by atoms with Crippen LogP contribution in [0.1, 0.15) is 58.4 Å². The molecule has 24 heavy (non-hydrogen) atoms. The molecule has 4 heteroatoms. The molecule has 2 heterocycles. The number of carbonyl (C=O) groups is 1. The van der Waals surface area contributed by atoms with Gasteiger partial charge in [0.15, 0.2) is 0 Å². The minimum atomic E-state index is -0.502. The van der Waals surface area contributed by atoms with Gasteiger partial charge >= 0.3 is 5.97 Å². The Hall–Kier alpha value is -1.55. The SMILES string of the molecule is CCCN1CCC[C@H]2c3cc(OC(=O)C(C)(C)C)ccc3OC[C@@H]21. The third-order valence-corrected chi connectivity index (χ3v) is 5.02. The smallest absolute Gasteiger partial charge is 0.316 e. The summed E-state index contributed by atoms with van der Waals surface area (Å²) in [7, 11) is 0. The van der Waals surface area contributed by atoms with Crippen molar-refractivity contribution >= 4 is 5.97 Å². The van der Waals surface area contributed by atoms with Gasteiger partial charge in [0.1, 0.15) is 18.1 Å². The predicted octanol–water partition coefficient (Wildman–Crippen LogP) is 3.99. The molecule has 2 aliphatic heterocycles. The molecule has 1 aromatic rings. The fourth-order valence-corrected chi connectivity index (χ4v) is 3.72. The van der Waals surface area contributed by atoms with E-state index in [-0.39, 0.29) is 5.97 Å². The van der Waals surface area contributed by atoms with E-state index in [1.165, 1.54) is 24.8 Å². The molecule has 4 nitrogen and oxygen atoms in total. The number of nitrogens with zero attached hydrogens (tertiary/aromatic N) is 1. The van der Waals surface area contributed by atoms with Crippen LogP contribution in [-0.2, 0) is 4.79 Å². The molecule has 1 aromatic carbocycles. The van der Waals surface area contributed by atoms with Crippen LogP contribution in [0.5, 0.6) is 11.5 Å². The highest BCUT2D eigenvalue weighted by atomic mass is 16.5. The molecule has 0 saturated carbocycles. The van der Waals surface area contributed by atoms with Gasteiger partial charge in [0.2, 0.25) is 0 Å². The zero-order chi connectivity index (χ0) is 17.3. The van der Waals surface area contributed by atoms with Crippen LogP contribution in [0.2, 0.25) is 0 Å². The lowest BCUT2D eigenvalue weighted by Crippen LogP contribution is -2.49. The second-order valence-corrected chi connectivity index (χ2v) is 8.00. The summed E-state index contributed by atoms with van der Waals surface area (Å²) >= 11 is 0. The van der Waals surface area contributed by atoms with Crippen molar-refractivity contribution < 1.29 is 14.3 Å². The molecular formula is C20H29NO3. The summed E-state index contributed by atoms with van der Waals surface area (Å²) in [4.78, 5) is 14.7. The molecule has 2 aliphatic rings. The van der Waals surface area contributed by atoms with Crippen molar-refractivity contribution in [3.63, 3.8) is 0 Å². The van der Waals surface area contributed by atoms with E-state index < -0.39 is 5.41 Å². The third-order valence-electron chi connectivity index (χ3n) is 5.02. The van der Waals surface area contributed by atoms with Gasteiger partial charge in [-0.3, -0.25) is 9.69 Å². The Kier molecular flexibility index (Phi) is 4.86. The van der Waals surface area contributed by atoms with Gasteiger partial charge in [-0.1, -0.05) is 6.92 Å². The number of piperidine rings is 1. The van der Waals surface area contributed by atoms with Gasteiger partial charge in [-0.15, -0.1) is 0 Å². The van der Waals surface area contributed by atoms with Crippen molar-refractivity contribution in [2.75, 3.05) is 19.7 Å². The summed E-state index contributed by atoms with van der Waals surface area (Å²) in [6.45, 7) is 10.9. The predicted molar refractivity (Wildman–Crippen MR) is 94.7 cm³/mol. The Labute approximate surface area is 145 Å². The molecule has 1 fully saturated rings. The minimum Gasteiger partial charge on any atom is -0.492 e. The molecule has 132 valence electrons. The average molecular weight is 331 g/mol. The Balaban J connectivity index is 1.83. The summed E-state index contributed by atoms with van der Waals surface area (Å²) in [5.74, 6) is 1.85. The number of benzene rings is 1. The van der Waals surface area contributed by atoms with Crippen molar-refractivity contribution in [2.24, 2.45) is 5.41 Å². The Bertz CT molecular complexity index is 603. The number of fused-ring (bicyclic) bond motifs is 3. The quantitative estimate of drug-likeness (QED) is 0.620. The molecule has 2 atom stereocenters. The highest BCUT2D eigenvalue weighted by Gasteiger charge is 2.37. The second kappa shape index (κ2) is 6.75. The van der Waals surface area contributed by atoms with Gasteiger partial charge in [-0.2, -0.15) is 0 Å². The molecule has 0 spiro atoms. The van der Waals surface area contributed by atoms with Gasteiger partial charge in [0.05, 0.1) is 11.5 Å². The maximum Gasteiger partial charge on any atom is 0.316 e. The van der Waals surface area contributed by atoms with Crippen LogP contribution in [0.15, 0.2) is 18.2 Å². The van der Waals surface area contributed by atoms with Crippen molar-refractivity contribution in [3.8, 4) is 11.5 Å². The van der Waals surface area contributed by atoms with Crippen molar-refractivity contribution in [1.29, 1.82) is 0 Å². The van der Waals surface area contributed by atoms with E-state index in [2.05, 4.69) is 11.8 Å². The Morgan fingerprint density at radius 3 is 2.88 bits per heavy atom. The standard InChI is InChI=1S/C20H29NO3/c1-5-10-21-11-6-7-15-16-12-14(24-19(22)20(2,3)4)8-9-18(16)23-13-17(15)21/h8-9,12,15,17H,5-7,10-11,13H2,1-4H3/t15-,17-/m0/s1. The molecule has 0 amide bonds. The fraction of sp³-hybridized carbons (Fsp3) is 0.650. The number of hydrogen-bond donors (Lipinski definition) is 0. The second-order valence-electron chi connectivity index (χ2n) is 8.00. The zero-order valence-electron chi connectivity index (χ0n) is 15.3. The molecule has 0 unspecified atom stereocenters. The van der Waals surface area contributed by atoms with Gasteiger partial charge < -0.3 is 9.47 Å². The summed E-state index contributed by atoms with van der Waals surface area (Å²) in [6.07, 6.45) is 3.56. The maximum atomic E-state index is 12.2. The lowest BCUT2D eigenvalue weighted by molar-refractivity contribution is -0.143.